The summed E-state index contributed by atoms with van der Waals surface area (Å²) in [5, 5.41) is 10.5. The van der Waals surface area contributed by atoms with E-state index in [-0.39, 0.29) is 12.2 Å². The minimum Gasteiger partial charge on any atom is -0.393 e. The molecule has 19 heavy (non-hydrogen) atoms. The second-order valence-electron chi connectivity index (χ2n) is 6.01. The molecule has 1 saturated carbocycles. The largest absolute Gasteiger partial charge is 0.393 e. The molecule has 0 bridgehead atoms. The molecule has 104 valence electrons. The molecule has 0 saturated heterocycles. The molecule has 0 radical (unpaired) electrons. The minimum atomic E-state index is -0.198. The highest BCUT2D eigenvalue weighted by Crippen LogP contribution is 2.35. The number of hydrogen-bond donors (Lipinski definition) is 1. The van der Waals surface area contributed by atoms with E-state index in [1.54, 1.807) is 0 Å². The van der Waals surface area contributed by atoms with Crippen molar-refractivity contribution in [2.45, 2.75) is 57.2 Å². The van der Waals surface area contributed by atoms with Gasteiger partial charge in [0.25, 0.3) is 0 Å². The van der Waals surface area contributed by atoms with Crippen LogP contribution < -0.4 is 0 Å². The maximum Gasteiger partial charge on any atom is 0.0852 e. The van der Waals surface area contributed by atoms with Crippen LogP contribution in [0.3, 0.4) is 0 Å². The summed E-state index contributed by atoms with van der Waals surface area (Å²) in [5.74, 6) is 0.492. The second kappa shape index (κ2) is 6.06. The number of aliphatic hydroxyl groups is 1. The Morgan fingerprint density at radius 3 is 2.79 bits per heavy atom. The van der Waals surface area contributed by atoms with Crippen molar-refractivity contribution in [3.8, 4) is 0 Å². The standard InChI is InChI=1S/C17H24O2/c18-16(14-7-2-1-3-8-14)12-17-15-9-5-4-6-13(15)10-11-19-17/h4-6,9,14,16-18H,1-3,7-8,10-12H2. The van der Waals surface area contributed by atoms with Gasteiger partial charge in [0.2, 0.25) is 0 Å². The second-order valence-corrected chi connectivity index (χ2v) is 6.01. The van der Waals surface area contributed by atoms with Crippen molar-refractivity contribution in [2.24, 2.45) is 5.92 Å². The number of aliphatic hydroxyl groups excluding tert-OH is 1. The summed E-state index contributed by atoms with van der Waals surface area (Å²) in [6.45, 7) is 0.791. The molecule has 1 heterocycles. The molecular weight excluding hydrogens is 236 g/mol. The van der Waals surface area contributed by atoms with Crippen LogP contribution in [0.4, 0.5) is 0 Å². The SMILES string of the molecule is OC(CC1OCCc2ccccc21)C1CCCCC1. The summed E-state index contributed by atoms with van der Waals surface area (Å²) in [4.78, 5) is 0. The normalized spacial score (nSPS) is 25.8. The maximum atomic E-state index is 10.5. The molecular formula is C17H24O2. The first-order valence-corrected chi connectivity index (χ1v) is 7.72. The molecule has 2 heteroatoms. The average Bonchev–Trinajstić information content (AvgIpc) is 2.48. The van der Waals surface area contributed by atoms with Crippen LogP contribution in [0, 0.1) is 5.92 Å². The van der Waals surface area contributed by atoms with Crippen molar-refractivity contribution in [3.05, 3.63) is 35.4 Å². The van der Waals surface area contributed by atoms with Gasteiger partial charge in [0.05, 0.1) is 18.8 Å². The van der Waals surface area contributed by atoms with E-state index in [1.807, 2.05) is 0 Å². The van der Waals surface area contributed by atoms with E-state index in [2.05, 4.69) is 24.3 Å². The zero-order valence-corrected chi connectivity index (χ0v) is 11.6. The van der Waals surface area contributed by atoms with E-state index in [4.69, 9.17) is 4.74 Å². The summed E-state index contributed by atoms with van der Waals surface area (Å²) in [5.41, 5.74) is 2.69. The minimum absolute atomic E-state index is 0.0990. The first-order chi connectivity index (χ1) is 9.34. The Bertz CT molecular complexity index is 409. The lowest BCUT2D eigenvalue weighted by molar-refractivity contribution is -0.0170. The molecule has 2 nitrogen and oxygen atoms in total. The van der Waals surface area contributed by atoms with Crippen molar-refractivity contribution in [3.63, 3.8) is 0 Å². The average molecular weight is 260 g/mol. The Morgan fingerprint density at radius 2 is 1.95 bits per heavy atom. The third-order valence-corrected chi connectivity index (χ3v) is 4.74. The van der Waals surface area contributed by atoms with Crippen LogP contribution in [-0.2, 0) is 11.2 Å². The summed E-state index contributed by atoms with van der Waals surface area (Å²) >= 11 is 0. The van der Waals surface area contributed by atoms with Crippen LogP contribution in [0.2, 0.25) is 0 Å². The van der Waals surface area contributed by atoms with E-state index < -0.39 is 0 Å². The van der Waals surface area contributed by atoms with Gasteiger partial charge < -0.3 is 9.84 Å². The number of fused-ring (bicyclic) bond motifs is 1. The number of ether oxygens (including phenoxy) is 1. The Morgan fingerprint density at radius 1 is 1.16 bits per heavy atom. The topological polar surface area (TPSA) is 29.5 Å². The molecule has 0 aromatic heterocycles. The third kappa shape index (κ3) is 3.01. The Hall–Kier alpha value is -0.860. The van der Waals surface area contributed by atoms with E-state index >= 15 is 0 Å². The molecule has 1 aromatic carbocycles. The van der Waals surface area contributed by atoms with E-state index in [0.717, 1.165) is 19.4 Å². The highest BCUT2D eigenvalue weighted by atomic mass is 16.5. The Kier molecular flexibility index (Phi) is 4.19. The van der Waals surface area contributed by atoms with Gasteiger partial charge >= 0.3 is 0 Å². The number of benzene rings is 1. The molecule has 1 N–H and O–H groups in total. The lowest BCUT2D eigenvalue weighted by atomic mass is 9.82. The van der Waals surface area contributed by atoms with E-state index in [1.165, 1.54) is 43.2 Å². The maximum absolute atomic E-state index is 10.5. The fourth-order valence-corrected chi connectivity index (χ4v) is 3.60. The van der Waals surface area contributed by atoms with Gasteiger partial charge in [-0.15, -0.1) is 0 Å². The lowest BCUT2D eigenvalue weighted by Crippen LogP contribution is -2.27. The van der Waals surface area contributed by atoms with Gasteiger partial charge in [-0.3, -0.25) is 0 Å². The van der Waals surface area contributed by atoms with Gasteiger partial charge in [-0.05, 0) is 36.3 Å². The van der Waals surface area contributed by atoms with Crippen LogP contribution in [0.15, 0.2) is 24.3 Å². The van der Waals surface area contributed by atoms with Crippen LogP contribution in [0.1, 0.15) is 55.8 Å². The van der Waals surface area contributed by atoms with Crippen LogP contribution in [0.25, 0.3) is 0 Å². The van der Waals surface area contributed by atoms with Gasteiger partial charge in [-0.25, -0.2) is 0 Å². The van der Waals surface area contributed by atoms with Crippen molar-refractivity contribution in [1.82, 2.24) is 0 Å². The molecule has 1 aliphatic carbocycles. The Labute approximate surface area is 115 Å². The predicted molar refractivity (Wildman–Crippen MR) is 76.0 cm³/mol. The Balaban J connectivity index is 1.66. The summed E-state index contributed by atoms with van der Waals surface area (Å²) < 4.78 is 5.91. The van der Waals surface area contributed by atoms with Gasteiger partial charge in [0.15, 0.2) is 0 Å². The zero-order chi connectivity index (χ0) is 13.1. The molecule has 2 unspecified atom stereocenters. The molecule has 0 spiro atoms. The number of hydrogen-bond acceptors (Lipinski definition) is 2. The molecule has 2 aliphatic rings. The smallest absolute Gasteiger partial charge is 0.0852 e. The van der Waals surface area contributed by atoms with E-state index in [0.29, 0.717) is 5.92 Å². The van der Waals surface area contributed by atoms with Crippen LogP contribution in [-0.4, -0.2) is 17.8 Å². The molecule has 1 aliphatic heterocycles. The monoisotopic (exact) mass is 260 g/mol. The van der Waals surface area contributed by atoms with Crippen LogP contribution >= 0.6 is 0 Å². The fourth-order valence-electron chi connectivity index (χ4n) is 3.60. The molecule has 0 amide bonds. The summed E-state index contributed by atoms with van der Waals surface area (Å²) in [7, 11) is 0. The fraction of sp³-hybridized carbons (Fsp3) is 0.647. The van der Waals surface area contributed by atoms with Crippen molar-refractivity contribution < 1.29 is 9.84 Å². The molecule has 3 rings (SSSR count). The third-order valence-electron chi connectivity index (χ3n) is 4.74. The van der Waals surface area contributed by atoms with Gasteiger partial charge in [0, 0.05) is 6.42 Å². The molecule has 1 aromatic rings. The molecule has 1 fully saturated rings. The molecule has 2 atom stereocenters. The summed E-state index contributed by atoms with van der Waals surface area (Å²) in [6, 6.07) is 8.52. The van der Waals surface area contributed by atoms with Crippen molar-refractivity contribution in [1.29, 1.82) is 0 Å². The van der Waals surface area contributed by atoms with Crippen LogP contribution in [0.5, 0.6) is 0 Å². The van der Waals surface area contributed by atoms with Crippen molar-refractivity contribution in [2.75, 3.05) is 6.61 Å². The predicted octanol–water partition coefficient (Wildman–Crippen LogP) is 3.63. The van der Waals surface area contributed by atoms with Crippen molar-refractivity contribution >= 4 is 0 Å². The quantitative estimate of drug-likeness (QED) is 0.899. The van der Waals surface area contributed by atoms with Gasteiger partial charge in [0.1, 0.15) is 0 Å². The lowest BCUT2D eigenvalue weighted by Gasteiger charge is -2.32. The first-order valence-electron chi connectivity index (χ1n) is 7.72. The summed E-state index contributed by atoms with van der Waals surface area (Å²) in [6.07, 6.45) is 7.96. The van der Waals surface area contributed by atoms with Gasteiger partial charge in [-0.2, -0.15) is 0 Å². The highest BCUT2D eigenvalue weighted by Gasteiger charge is 2.28. The zero-order valence-electron chi connectivity index (χ0n) is 11.6. The first kappa shape index (κ1) is 13.1. The van der Waals surface area contributed by atoms with E-state index in [9.17, 15) is 5.11 Å². The highest BCUT2D eigenvalue weighted by molar-refractivity contribution is 5.30. The van der Waals surface area contributed by atoms with Gasteiger partial charge in [-0.1, -0.05) is 43.5 Å². The number of rotatable bonds is 3.